The molecule has 1 aromatic heterocycles. The summed E-state index contributed by atoms with van der Waals surface area (Å²) in [5.74, 6) is -0.264. The Kier molecular flexibility index (Phi) is 4.41. The second-order valence-corrected chi connectivity index (χ2v) is 5.01. The summed E-state index contributed by atoms with van der Waals surface area (Å²) in [6.45, 7) is -0.0320. The van der Waals surface area contributed by atoms with Crippen LogP contribution in [-0.2, 0) is 10.0 Å². The molecule has 0 aliphatic carbocycles. The van der Waals surface area contributed by atoms with Crippen molar-refractivity contribution in [3.63, 3.8) is 0 Å². The maximum Gasteiger partial charge on any atom is 0.255 e. The maximum absolute atomic E-state index is 11.7. The standard InChI is InChI=1S/C9H14N4O3S/c1-11-8-7(3-2-4-12-8)9(14)13-5-6-17(10,15)16/h2-4H,5-6H2,1H3,(H,11,12)(H,13,14)(H2,10,15,16). The fraction of sp³-hybridized carbons (Fsp3) is 0.333. The van der Waals surface area contributed by atoms with Crippen molar-refractivity contribution in [3.05, 3.63) is 23.9 Å². The number of carbonyl (C=O) groups excluding carboxylic acids is 1. The van der Waals surface area contributed by atoms with Gasteiger partial charge in [-0.3, -0.25) is 4.79 Å². The van der Waals surface area contributed by atoms with Gasteiger partial charge in [0.1, 0.15) is 5.82 Å². The first-order valence-corrected chi connectivity index (χ1v) is 6.57. The van der Waals surface area contributed by atoms with Crippen molar-refractivity contribution in [2.45, 2.75) is 0 Å². The van der Waals surface area contributed by atoms with Crippen LogP contribution in [0.4, 0.5) is 5.82 Å². The molecule has 1 amide bonds. The predicted octanol–water partition coefficient (Wildman–Crippen LogP) is -0.858. The normalized spacial score (nSPS) is 10.9. The molecule has 94 valence electrons. The summed E-state index contributed by atoms with van der Waals surface area (Å²) in [6, 6.07) is 3.21. The molecule has 0 radical (unpaired) electrons. The molecule has 0 atom stereocenters. The van der Waals surface area contributed by atoms with Crippen LogP contribution in [0.3, 0.4) is 0 Å². The molecule has 7 nitrogen and oxygen atoms in total. The van der Waals surface area contributed by atoms with E-state index in [9.17, 15) is 13.2 Å². The van der Waals surface area contributed by atoms with E-state index in [2.05, 4.69) is 15.6 Å². The number of hydrogen-bond acceptors (Lipinski definition) is 5. The summed E-state index contributed by atoms with van der Waals surface area (Å²) in [5, 5.41) is 10.0. The molecule has 17 heavy (non-hydrogen) atoms. The number of aromatic nitrogens is 1. The van der Waals surface area contributed by atoms with Crippen molar-refractivity contribution in [1.29, 1.82) is 0 Å². The summed E-state index contributed by atoms with van der Waals surface area (Å²) in [4.78, 5) is 15.6. The molecule has 8 heteroatoms. The van der Waals surface area contributed by atoms with Gasteiger partial charge in [0.2, 0.25) is 10.0 Å². The molecule has 1 rings (SSSR count). The molecular weight excluding hydrogens is 244 g/mol. The van der Waals surface area contributed by atoms with Gasteiger partial charge in [-0.25, -0.2) is 18.5 Å². The van der Waals surface area contributed by atoms with E-state index in [1.807, 2.05) is 0 Å². The number of primary sulfonamides is 1. The molecule has 0 spiro atoms. The minimum absolute atomic E-state index is 0.0320. The fourth-order valence-corrected chi connectivity index (χ4v) is 1.58. The van der Waals surface area contributed by atoms with Crippen LogP contribution in [0.15, 0.2) is 18.3 Å². The SMILES string of the molecule is CNc1ncccc1C(=O)NCCS(N)(=O)=O. The average molecular weight is 258 g/mol. The van der Waals surface area contributed by atoms with Crippen molar-refractivity contribution >= 4 is 21.7 Å². The van der Waals surface area contributed by atoms with E-state index in [0.29, 0.717) is 11.4 Å². The molecule has 0 fully saturated rings. The van der Waals surface area contributed by atoms with Gasteiger partial charge in [-0.05, 0) is 12.1 Å². The largest absolute Gasteiger partial charge is 0.372 e. The van der Waals surface area contributed by atoms with Gasteiger partial charge < -0.3 is 10.6 Å². The highest BCUT2D eigenvalue weighted by Gasteiger charge is 2.11. The van der Waals surface area contributed by atoms with Crippen molar-refractivity contribution in [1.82, 2.24) is 10.3 Å². The van der Waals surface area contributed by atoms with Gasteiger partial charge in [0.25, 0.3) is 5.91 Å². The van der Waals surface area contributed by atoms with Crippen molar-refractivity contribution in [2.24, 2.45) is 5.14 Å². The highest BCUT2D eigenvalue weighted by Crippen LogP contribution is 2.09. The Labute approximate surface area is 99.5 Å². The van der Waals surface area contributed by atoms with Gasteiger partial charge in [-0.1, -0.05) is 0 Å². The third-order valence-corrected chi connectivity index (χ3v) is 2.73. The number of nitrogens with zero attached hydrogens (tertiary/aromatic N) is 1. The second-order valence-electron chi connectivity index (χ2n) is 3.27. The van der Waals surface area contributed by atoms with Crippen molar-refractivity contribution in [2.75, 3.05) is 24.7 Å². The molecule has 0 aromatic carbocycles. The van der Waals surface area contributed by atoms with E-state index in [-0.39, 0.29) is 12.3 Å². The average Bonchev–Trinajstić information content (AvgIpc) is 2.27. The summed E-state index contributed by atoms with van der Waals surface area (Å²) >= 11 is 0. The summed E-state index contributed by atoms with van der Waals surface area (Å²) < 4.78 is 21.3. The third kappa shape index (κ3) is 4.37. The molecule has 1 aromatic rings. The van der Waals surface area contributed by atoms with E-state index < -0.39 is 15.9 Å². The lowest BCUT2D eigenvalue weighted by atomic mass is 10.2. The first-order valence-electron chi connectivity index (χ1n) is 4.85. The smallest absolute Gasteiger partial charge is 0.255 e. The Hall–Kier alpha value is -1.67. The van der Waals surface area contributed by atoms with Crippen LogP contribution < -0.4 is 15.8 Å². The molecule has 0 aliphatic rings. The highest BCUT2D eigenvalue weighted by molar-refractivity contribution is 7.89. The second kappa shape index (κ2) is 5.60. The number of rotatable bonds is 5. The van der Waals surface area contributed by atoms with E-state index in [1.165, 1.54) is 0 Å². The van der Waals surface area contributed by atoms with Gasteiger partial charge in [-0.2, -0.15) is 0 Å². The number of sulfonamides is 1. The Morgan fingerprint density at radius 1 is 1.53 bits per heavy atom. The van der Waals surface area contributed by atoms with E-state index >= 15 is 0 Å². The van der Waals surface area contributed by atoms with Crippen LogP contribution >= 0.6 is 0 Å². The van der Waals surface area contributed by atoms with E-state index in [0.717, 1.165) is 0 Å². The van der Waals surface area contributed by atoms with E-state index in [1.54, 1.807) is 25.4 Å². The molecule has 0 saturated heterocycles. The number of anilines is 1. The lowest BCUT2D eigenvalue weighted by Gasteiger charge is -2.07. The summed E-state index contributed by atoms with van der Waals surface area (Å²) in [5.41, 5.74) is 0.351. The maximum atomic E-state index is 11.7. The molecule has 4 N–H and O–H groups in total. The molecule has 0 unspecified atom stereocenters. The number of amides is 1. The van der Waals surface area contributed by atoms with Gasteiger partial charge in [0.15, 0.2) is 0 Å². The zero-order valence-electron chi connectivity index (χ0n) is 9.30. The first-order chi connectivity index (χ1) is 7.94. The Morgan fingerprint density at radius 2 is 2.24 bits per heavy atom. The molecule has 0 bridgehead atoms. The summed E-state index contributed by atoms with van der Waals surface area (Å²) in [6.07, 6.45) is 1.55. The fourth-order valence-electron chi connectivity index (χ4n) is 1.19. The quantitative estimate of drug-likeness (QED) is 0.636. The van der Waals surface area contributed by atoms with Crippen LogP contribution in [-0.4, -0.2) is 38.7 Å². The van der Waals surface area contributed by atoms with Crippen LogP contribution in [0.25, 0.3) is 0 Å². The van der Waals surface area contributed by atoms with Crippen molar-refractivity contribution < 1.29 is 13.2 Å². The molecular formula is C9H14N4O3S. The highest BCUT2D eigenvalue weighted by atomic mass is 32.2. The number of pyridine rings is 1. The first kappa shape index (κ1) is 13.4. The molecule has 0 aliphatic heterocycles. The topological polar surface area (TPSA) is 114 Å². The van der Waals surface area contributed by atoms with Crippen LogP contribution in [0, 0.1) is 0 Å². The van der Waals surface area contributed by atoms with Crippen LogP contribution in [0.5, 0.6) is 0 Å². The summed E-state index contributed by atoms with van der Waals surface area (Å²) in [7, 11) is -1.92. The van der Waals surface area contributed by atoms with Gasteiger partial charge in [0.05, 0.1) is 11.3 Å². The van der Waals surface area contributed by atoms with Crippen molar-refractivity contribution in [3.8, 4) is 0 Å². The Bertz CT molecular complexity index is 501. The predicted molar refractivity (Wildman–Crippen MR) is 64.1 cm³/mol. The lowest BCUT2D eigenvalue weighted by Crippen LogP contribution is -2.31. The van der Waals surface area contributed by atoms with Gasteiger partial charge >= 0.3 is 0 Å². The minimum Gasteiger partial charge on any atom is -0.372 e. The van der Waals surface area contributed by atoms with Gasteiger partial charge in [-0.15, -0.1) is 0 Å². The minimum atomic E-state index is -3.56. The lowest BCUT2D eigenvalue weighted by molar-refractivity contribution is 0.0956. The Balaban J connectivity index is 2.64. The van der Waals surface area contributed by atoms with Crippen LogP contribution in [0.1, 0.15) is 10.4 Å². The Morgan fingerprint density at radius 3 is 2.82 bits per heavy atom. The third-order valence-electron chi connectivity index (χ3n) is 1.96. The number of nitrogens with two attached hydrogens (primary N) is 1. The zero-order chi connectivity index (χ0) is 12.9. The number of hydrogen-bond donors (Lipinski definition) is 3. The van der Waals surface area contributed by atoms with Gasteiger partial charge in [0, 0.05) is 19.8 Å². The molecule has 0 saturated carbocycles. The monoisotopic (exact) mass is 258 g/mol. The molecule has 1 heterocycles. The number of nitrogens with one attached hydrogen (secondary N) is 2. The van der Waals surface area contributed by atoms with Crippen LogP contribution in [0.2, 0.25) is 0 Å². The zero-order valence-corrected chi connectivity index (χ0v) is 10.1. The number of carbonyl (C=O) groups is 1. The van der Waals surface area contributed by atoms with E-state index in [4.69, 9.17) is 5.14 Å².